The number of aliphatic hydroxyl groups is 5. The van der Waals surface area contributed by atoms with Crippen molar-refractivity contribution in [1.82, 2.24) is 0 Å². The van der Waals surface area contributed by atoms with Crippen LogP contribution in [0.4, 0.5) is 0 Å². The molecule has 0 aromatic heterocycles. The molecule has 0 aromatic rings. The molecule has 0 amide bonds. The van der Waals surface area contributed by atoms with Crippen LogP contribution in [0.1, 0.15) is 0 Å². The summed E-state index contributed by atoms with van der Waals surface area (Å²) < 4.78 is 0. The van der Waals surface area contributed by atoms with Gasteiger partial charge in [0.25, 0.3) is 0 Å². The lowest BCUT2D eigenvalue weighted by molar-refractivity contribution is -0.466. The smallest absolute Gasteiger partial charge is 0.170 e. The van der Waals surface area contributed by atoms with E-state index in [-0.39, 0.29) is 12.4 Å². The van der Waals surface area contributed by atoms with Gasteiger partial charge in [-0.15, -0.1) is 0 Å². The predicted octanol–water partition coefficient (Wildman–Crippen LogP) is -7.58. The van der Waals surface area contributed by atoms with Crippen LogP contribution < -0.4 is 18.1 Å². The van der Waals surface area contributed by atoms with Crippen molar-refractivity contribution in [1.29, 1.82) is 0 Å². The summed E-state index contributed by atoms with van der Waals surface area (Å²) in [4.78, 5) is 0. The minimum Gasteiger partial charge on any atom is -1.00 e. The molecule has 80 valence electrons. The van der Waals surface area contributed by atoms with Crippen LogP contribution in [0, 0.1) is 0 Å². The first-order valence-corrected chi connectivity index (χ1v) is 3.65. The maximum absolute atomic E-state index is 9.50. The first-order valence-electron chi connectivity index (χ1n) is 3.65. The Kier molecular flexibility index (Phi) is 4.07. The van der Waals surface area contributed by atoms with Crippen LogP contribution in [-0.2, 0) is 0 Å². The lowest BCUT2D eigenvalue weighted by Gasteiger charge is -2.25. The monoisotopic (exact) mass is 215 g/mol. The van der Waals surface area contributed by atoms with Gasteiger partial charge < -0.3 is 43.7 Å². The van der Waals surface area contributed by atoms with E-state index < -0.39 is 36.6 Å². The van der Waals surface area contributed by atoms with Gasteiger partial charge in [-0.05, 0) is 0 Å². The molecule has 5 atom stereocenters. The van der Waals surface area contributed by atoms with E-state index in [0.717, 1.165) is 0 Å². The normalized spacial score (nSPS) is 50.3. The molecule has 0 radical (unpaired) electrons. The molecular formula is C6H14ClNO5. The Hall–Kier alpha value is 0.0500. The number of rotatable bonds is 1. The summed E-state index contributed by atoms with van der Waals surface area (Å²) >= 11 is 0. The topological polar surface area (TPSA) is 129 Å². The average Bonchev–Trinajstić information content (AvgIpc) is 2.22. The van der Waals surface area contributed by atoms with Crippen molar-refractivity contribution >= 4 is 0 Å². The SMILES string of the molecule is [Cl-].[NH3+][C@@H]1[C@H](O)[C@@H](O)[C@H](O)[C@]1(O)CO. The highest BCUT2D eigenvalue weighted by Crippen LogP contribution is 2.28. The van der Waals surface area contributed by atoms with E-state index in [1.165, 1.54) is 0 Å². The van der Waals surface area contributed by atoms with Crippen LogP contribution in [0.3, 0.4) is 0 Å². The molecule has 1 rings (SSSR count). The van der Waals surface area contributed by atoms with Gasteiger partial charge in [0, 0.05) is 0 Å². The third-order valence-electron chi connectivity index (χ3n) is 2.49. The minimum atomic E-state index is -1.90. The fraction of sp³-hybridized carbons (Fsp3) is 1.00. The molecule has 6 nitrogen and oxygen atoms in total. The largest absolute Gasteiger partial charge is 1.00 e. The Bertz CT molecular complexity index is 166. The lowest BCUT2D eigenvalue weighted by atomic mass is 9.97. The summed E-state index contributed by atoms with van der Waals surface area (Å²) in [6, 6.07) is -0.993. The number of halogens is 1. The summed E-state index contributed by atoms with van der Waals surface area (Å²) in [6.45, 7) is -0.740. The summed E-state index contributed by atoms with van der Waals surface area (Å²) in [5.41, 5.74) is 1.46. The summed E-state index contributed by atoms with van der Waals surface area (Å²) in [5, 5.41) is 45.7. The third-order valence-corrected chi connectivity index (χ3v) is 2.49. The summed E-state index contributed by atoms with van der Waals surface area (Å²) in [5.74, 6) is 0. The second-order valence-electron chi connectivity index (χ2n) is 3.18. The summed E-state index contributed by atoms with van der Waals surface area (Å²) in [6.07, 6.45) is -4.32. The first-order chi connectivity index (χ1) is 5.45. The van der Waals surface area contributed by atoms with E-state index in [1.807, 2.05) is 0 Å². The van der Waals surface area contributed by atoms with E-state index in [0.29, 0.717) is 0 Å². The lowest BCUT2D eigenvalue weighted by Crippen LogP contribution is -3.00. The van der Waals surface area contributed by atoms with E-state index in [4.69, 9.17) is 15.3 Å². The van der Waals surface area contributed by atoms with Crippen LogP contribution in [0.15, 0.2) is 0 Å². The molecule has 1 saturated carbocycles. The number of quaternary nitrogens is 1. The maximum Gasteiger partial charge on any atom is 0.170 e. The Labute approximate surface area is 81.0 Å². The van der Waals surface area contributed by atoms with Gasteiger partial charge in [0.15, 0.2) is 5.60 Å². The Morgan fingerprint density at radius 3 is 1.77 bits per heavy atom. The predicted molar refractivity (Wildman–Crippen MR) is 36.7 cm³/mol. The van der Waals surface area contributed by atoms with Crippen LogP contribution >= 0.6 is 0 Å². The van der Waals surface area contributed by atoms with Gasteiger partial charge in [-0.3, -0.25) is 0 Å². The second kappa shape index (κ2) is 4.05. The van der Waals surface area contributed by atoms with Gasteiger partial charge >= 0.3 is 0 Å². The van der Waals surface area contributed by atoms with Crippen molar-refractivity contribution < 1.29 is 43.7 Å². The number of aliphatic hydroxyl groups excluding tert-OH is 4. The molecule has 0 saturated heterocycles. The van der Waals surface area contributed by atoms with Gasteiger partial charge in [0.2, 0.25) is 0 Å². The van der Waals surface area contributed by atoms with Crippen LogP contribution in [-0.4, -0.2) is 62.1 Å². The van der Waals surface area contributed by atoms with E-state index in [9.17, 15) is 10.2 Å². The molecule has 1 aliphatic rings. The van der Waals surface area contributed by atoms with Gasteiger partial charge in [0.1, 0.15) is 24.4 Å². The molecule has 13 heavy (non-hydrogen) atoms. The van der Waals surface area contributed by atoms with Crippen molar-refractivity contribution in [3.05, 3.63) is 0 Å². The zero-order valence-corrected chi connectivity index (χ0v) is 7.59. The van der Waals surface area contributed by atoms with Crippen molar-refractivity contribution in [2.24, 2.45) is 0 Å². The second-order valence-corrected chi connectivity index (χ2v) is 3.18. The van der Waals surface area contributed by atoms with Crippen molar-refractivity contribution in [2.45, 2.75) is 30.0 Å². The van der Waals surface area contributed by atoms with Crippen LogP contribution in [0.25, 0.3) is 0 Å². The molecular weight excluding hydrogens is 202 g/mol. The molecule has 7 heteroatoms. The zero-order valence-electron chi connectivity index (χ0n) is 6.84. The van der Waals surface area contributed by atoms with Gasteiger partial charge in [-0.2, -0.15) is 0 Å². The van der Waals surface area contributed by atoms with Crippen LogP contribution in [0.5, 0.6) is 0 Å². The quantitative estimate of drug-likeness (QED) is 0.259. The first kappa shape index (κ1) is 13.1. The van der Waals surface area contributed by atoms with Crippen molar-refractivity contribution in [3.8, 4) is 0 Å². The number of hydrogen-bond acceptors (Lipinski definition) is 5. The third kappa shape index (κ3) is 1.66. The van der Waals surface area contributed by atoms with E-state index in [2.05, 4.69) is 5.73 Å². The Balaban J connectivity index is 0.00000144. The molecule has 0 heterocycles. The average molecular weight is 216 g/mol. The highest BCUT2D eigenvalue weighted by Gasteiger charge is 2.60. The highest BCUT2D eigenvalue weighted by atomic mass is 35.5. The van der Waals surface area contributed by atoms with E-state index >= 15 is 0 Å². The molecule has 0 unspecified atom stereocenters. The molecule has 1 aliphatic carbocycles. The number of hydrogen-bond donors (Lipinski definition) is 6. The Morgan fingerprint density at radius 2 is 1.62 bits per heavy atom. The molecule has 0 bridgehead atoms. The molecule has 0 spiro atoms. The standard InChI is InChI=1S/C6H13NO5.ClH/c7-4-2(9)3(10)5(11)6(4,12)1-8;/h2-5,8-12H,1,7H2;1H/t2-,3-,4-,5+,6+;/m1./s1. The summed E-state index contributed by atoms with van der Waals surface area (Å²) in [7, 11) is 0. The van der Waals surface area contributed by atoms with Gasteiger partial charge in [-0.1, -0.05) is 0 Å². The molecule has 0 aromatic carbocycles. The van der Waals surface area contributed by atoms with E-state index in [1.54, 1.807) is 0 Å². The molecule has 1 fully saturated rings. The van der Waals surface area contributed by atoms with Gasteiger partial charge in [-0.25, -0.2) is 0 Å². The molecule has 8 N–H and O–H groups in total. The Morgan fingerprint density at radius 1 is 1.15 bits per heavy atom. The van der Waals surface area contributed by atoms with Crippen molar-refractivity contribution in [3.63, 3.8) is 0 Å². The van der Waals surface area contributed by atoms with Gasteiger partial charge in [0.05, 0.1) is 6.61 Å². The fourth-order valence-corrected chi connectivity index (χ4v) is 1.45. The minimum absolute atomic E-state index is 0. The zero-order chi connectivity index (χ0) is 9.52. The molecule has 0 aliphatic heterocycles. The maximum atomic E-state index is 9.50. The van der Waals surface area contributed by atoms with Crippen LogP contribution in [0.2, 0.25) is 0 Å². The highest BCUT2D eigenvalue weighted by molar-refractivity contribution is 5.08. The van der Waals surface area contributed by atoms with Crippen molar-refractivity contribution in [2.75, 3.05) is 6.61 Å². The fourth-order valence-electron chi connectivity index (χ4n) is 1.45.